The Kier molecular flexibility index (Phi) is 5.85. The van der Waals surface area contributed by atoms with Crippen LogP contribution in [-0.2, 0) is 0 Å². The molecule has 0 aliphatic carbocycles. The molecule has 5 heteroatoms. The highest BCUT2D eigenvalue weighted by Crippen LogP contribution is 2.16. The number of hydrogen-bond acceptors (Lipinski definition) is 3. The van der Waals surface area contributed by atoms with Crippen molar-refractivity contribution in [2.45, 2.75) is 6.92 Å². The van der Waals surface area contributed by atoms with E-state index in [1.54, 1.807) is 36.4 Å². The number of carbonyl (C=O) groups excluding carboxylic acids is 2. The molecule has 0 heterocycles. The number of rotatable bonds is 5. The van der Waals surface area contributed by atoms with Gasteiger partial charge >= 0.3 is 0 Å². The Labute approximate surface area is 180 Å². The molecule has 0 spiro atoms. The monoisotopic (exact) mass is 407 g/mol. The van der Waals surface area contributed by atoms with E-state index < -0.39 is 0 Å². The zero-order chi connectivity index (χ0) is 21.6. The Morgan fingerprint density at radius 3 is 2.00 bits per heavy atom. The van der Waals surface area contributed by atoms with Gasteiger partial charge in [-0.25, -0.2) is 5.43 Å². The van der Waals surface area contributed by atoms with Crippen LogP contribution in [-0.4, -0.2) is 17.5 Å². The highest BCUT2D eigenvalue weighted by atomic mass is 16.2. The molecule has 0 aliphatic heterocycles. The van der Waals surface area contributed by atoms with Gasteiger partial charge in [0, 0.05) is 16.8 Å². The summed E-state index contributed by atoms with van der Waals surface area (Å²) in [6, 6.07) is 29.8. The van der Waals surface area contributed by atoms with Gasteiger partial charge in [0.1, 0.15) is 0 Å². The molecule has 0 saturated heterocycles. The predicted molar refractivity (Wildman–Crippen MR) is 124 cm³/mol. The second-order valence-corrected chi connectivity index (χ2v) is 7.10. The minimum Gasteiger partial charge on any atom is -0.322 e. The van der Waals surface area contributed by atoms with Crippen LogP contribution in [0, 0.1) is 0 Å². The molecular weight excluding hydrogens is 386 g/mol. The highest BCUT2D eigenvalue weighted by molar-refractivity contribution is 6.05. The molecule has 0 bridgehead atoms. The molecule has 0 radical (unpaired) electrons. The van der Waals surface area contributed by atoms with Gasteiger partial charge < -0.3 is 5.32 Å². The van der Waals surface area contributed by atoms with Crippen LogP contribution in [0.5, 0.6) is 0 Å². The first-order valence-corrected chi connectivity index (χ1v) is 9.90. The molecule has 4 aromatic rings. The van der Waals surface area contributed by atoms with Crippen molar-refractivity contribution in [1.29, 1.82) is 0 Å². The maximum atomic E-state index is 12.4. The molecule has 152 valence electrons. The quantitative estimate of drug-likeness (QED) is 0.351. The van der Waals surface area contributed by atoms with E-state index in [4.69, 9.17) is 0 Å². The summed E-state index contributed by atoms with van der Waals surface area (Å²) in [5.41, 5.74) is 5.89. The van der Waals surface area contributed by atoms with Crippen LogP contribution in [0.25, 0.3) is 10.8 Å². The lowest BCUT2D eigenvalue weighted by Crippen LogP contribution is -2.19. The first kappa shape index (κ1) is 20.0. The normalized spacial score (nSPS) is 11.2. The molecule has 0 saturated carbocycles. The molecule has 4 rings (SSSR count). The van der Waals surface area contributed by atoms with Gasteiger partial charge in [-0.05, 0) is 65.7 Å². The summed E-state index contributed by atoms with van der Waals surface area (Å²) in [6.07, 6.45) is 0. The highest BCUT2D eigenvalue weighted by Gasteiger charge is 2.08. The number of hydrazone groups is 1. The summed E-state index contributed by atoms with van der Waals surface area (Å²) < 4.78 is 0. The third-order valence-corrected chi connectivity index (χ3v) is 4.93. The number of fused-ring (bicyclic) bond motifs is 1. The van der Waals surface area contributed by atoms with Gasteiger partial charge in [-0.1, -0.05) is 54.6 Å². The van der Waals surface area contributed by atoms with Crippen molar-refractivity contribution in [2.75, 3.05) is 5.32 Å². The van der Waals surface area contributed by atoms with Crippen LogP contribution < -0.4 is 10.7 Å². The Bertz CT molecular complexity index is 1260. The first-order chi connectivity index (χ1) is 15.1. The number of benzene rings is 4. The summed E-state index contributed by atoms with van der Waals surface area (Å²) in [4.78, 5) is 24.7. The Morgan fingerprint density at radius 1 is 0.645 bits per heavy atom. The number of amides is 2. The number of anilines is 1. The molecule has 4 aromatic carbocycles. The van der Waals surface area contributed by atoms with E-state index in [9.17, 15) is 9.59 Å². The largest absolute Gasteiger partial charge is 0.322 e. The number of nitrogens with one attached hydrogen (secondary N) is 2. The lowest BCUT2D eigenvalue weighted by atomic mass is 10.0. The summed E-state index contributed by atoms with van der Waals surface area (Å²) in [5, 5.41) is 9.32. The minimum absolute atomic E-state index is 0.201. The van der Waals surface area contributed by atoms with Crippen LogP contribution in [0.3, 0.4) is 0 Å². The van der Waals surface area contributed by atoms with Crippen LogP contribution in [0.15, 0.2) is 102 Å². The van der Waals surface area contributed by atoms with Gasteiger partial charge in [-0.2, -0.15) is 5.10 Å². The molecule has 0 fully saturated rings. The number of hydrogen-bond donors (Lipinski definition) is 2. The average Bonchev–Trinajstić information content (AvgIpc) is 2.83. The summed E-state index contributed by atoms with van der Waals surface area (Å²) >= 11 is 0. The third-order valence-electron chi connectivity index (χ3n) is 4.93. The fourth-order valence-corrected chi connectivity index (χ4v) is 3.18. The fourth-order valence-electron chi connectivity index (χ4n) is 3.18. The van der Waals surface area contributed by atoms with Crippen LogP contribution in [0.4, 0.5) is 5.69 Å². The maximum absolute atomic E-state index is 12.4. The number of nitrogens with zero attached hydrogens (tertiary/aromatic N) is 1. The molecule has 0 aromatic heterocycles. The zero-order valence-corrected chi connectivity index (χ0v) is 17.0. The Morgan fingerprint density at radius 2 is 1.26 bits per heavy atom. The van der Waals surface area contributed by atoms with E-state index in [2.05, 4.69) is 21.9 Å². The summed E-state index contributed by atoms with van der Waals surface area (Å²) in [7, 11) is 0. The van der Waals surface area contributed by atoms with E-state index in [-0.39, 0.29) is 11.8 Å². The predicted octanol–water partition coefficient (Wildman–Crippen LogP) is 5.25. The summed E-state index contributed by atoms with van der Waals surface area (Å²) in [5.74, 6) is -0.519. The summed E-state index contributed by atoms with van der Waals surface area (Å²) in [6.45, 7) is 1.85. The number of carbonyl (C=O) groups is 2. The zero-order valence-electron chi connectivity index (χ0n) is 17.0. The fraction of sp³-hybridized carbons (Fsp3) is 0.0385. The minimum atomic E-state index is -0.318. The molecule has 2 amide bonds. The van der Waals surface area contributed by atoms with Crippen molar-refractivity contribution < 1.29 is 9.59 Å². The maximum Gasteiger partial charge on any atom is 0.271 e. The van der Waals surface area contributed by atoms with Crippen molar-refractivity contribution in [3.8, 4) is 0 Å². The van der Waals surface area contributed by atoms with Crippen LogP contribution in [0.2, 0.25) is 0 Å². The smallest absolute Gasteiger partial charge is 0.271 e. The molecule has 5 nitrogen and oxygen atoms in total. The molecule has 31 heavy (non-hydrogen) atoms. The van der Waals surface area contributed by atoms with Crippen molar-refractivity contribution in [2.24, 2.45) is 5.10 Å². The van der Waals surface area contributed by atoms with Gasteiger partial charge in [0.15, 0.2) is 0 Å². The van der Waals surface area contributed by atoms with Crippen molar-refractivity contribution in [1.82, 2.24) is 5.43 Å². The van der Waals surface area contributed by atoms with E-state index in [1.807, 2.05) is 61.5 Å². The van der Waals surface area contributed by atoms with Crippen LogP contribution in [0.1, 0.15) is 33.2 Å². The van der Waals surface area contributed by atoms with Crippen LogP contribution >= 0.6 is 0 Å². The molecule has 2 N–H and O–H groups in total. The molecule has 0 aliphatic rings. The third kappa shape index (κ3) is 4.85. The van der Waals surface area contributed by atoms with Gasteiger partial charge in [-0.3, -0.25) is 9.59 Å². The van der Waals surface area contributed by atoms with Crippen molar-refractivity contribution in [3.05, 3.63) is 114 Å². The average molecular weight is 407 g/mol. The standard InChI is InChI=1S/C26H21N3O2/c1-18(22-12-11-19-7-5-6-10-23(19)17-22)28-29-26(31)21-13-15-24(16-14-21)27-25(30)20-8-3-2-4-9-20/h2-17H,1H3,(H,27,30)(H,29,31). The van der Waals surface area contributed by atoms with Gasteiger partial charge in [0.05, 0.1) is 5.71 Å². The van der Waals surface area contributed by atoms with E-state index in [0.29, 0.717) is 22.5 Å². The van der Waals surface area contributed by atoms with Crippen molar-refractivity contribution in [3.63, 3.8) is 0 Å². The SMILES string of the molecule is CC(=NNC(=O)c1ccc(NC(=O)c2ccccc2)cc1)c1ccc2ccccc2c1. The van der Waals surface area contributed by atoms with Gasteiger partial charge in [0.25, 0.3) is 11.8 Å². The van der Waals surface area contributed by atoms with E-state index in [0.717, 1.165) is 16.3 Å². The van der Waals surface area contributed by atoms with Crippen molar-refractivity contribution >= 4 is 34.0 Å². The molecule has 0 unspecified atom stereocenters. The topological polar surface area (TPSA) is 70.6 Å². The molecule has 0 atom stereocenters. The Hall–Kier alpha value is -4.25. The van der Waals surface area contributed by atoms with Gasteiger partial charge in [0.2, 0.25) is 0 Å². The second-order valence-electron chi connectivity index (χ2n) is 7.10. The lowest BCUT2D eigenvalue weighted by Gasteiger charge is -2.07. The van der Waals surface area contributed by atoms with E-state index >= 15 is 0 Å². The Balaban J connectivity index is 1.40. The lowest BCUT2D eigenvalue weighted by molar-refractivity contribution is 0.0954. The molecular formula is C26H21N3O2. The second kappa shape index (κ2) is 9.05. The van der Waals surface area contributed by atoms with E-state index in [1.165, 1.54) is 0 Å². The van der Waals surface area contributed by atoms with Gasteiger partial charge in [-0.15, -0.1) is 0 Å². The first-order valence-electron chi connectivity index (χ1n) is 9.90.